The largest absolute Gasteiger partial charge is 0.490 e. The number of ketones is 2. The molecule has 198 valence electrons. The van der Waals surface area contributed by atoms with Crippen LogP contribution in [0.25, 0.3) is 0 Å². The van der Waals surface area contributed by atoms with Gasteiger partial charge in [-0.25, -0.2) is 9.97 Å². The molecule has 0 radical (unpaired) electrons. The summed E-state index contributed by atoms with van der Waals surface area (Å²) in [4.78, 5) is 47.3. The molecule has 4 rings (SSSR count). The van der Waals surface area contributed by atoms with Crippen LogP contribution in [0.3, 0.4) is 0 Å². The Morgan fingerprint density at radius 1 is 1.11 bits per heavy atom. The van der Waals surface area contributed by atoms with Crippen LogP contribution in [0.1, 0.15) is 58.8 Å². The van der Waals surface area contributed by atoms with E-state index in [9.17, 15) is 14.4 Å². The first-order valence-electron chi connectivity index (χ1n) is 12.0. The molecule has 1 aromatic heterocycles. The fraction of sp³-hybridized carbons (Fsp3) is 0.300. The van der Waals surface area contributed by atoms with Gasteiger partial charge in [-0.1, -0.05) is 62.0 Å². The van der Waals surface area contributed by atoms with Gasteiger partial charge in [-0.15, -0.1) is 0 Å². The van der Waals surface area contributed by atoms with Crippen molar-refractivity contribution in [1.29, 1.82) is 0 Å². The summed E-state index contributed by atoms with van der Waals surface area (Å²) in [5.74, 6) is 0.00353. The number of likely N-dealkylation sites (N-methyl/N-ethyl adjacent to an activating group) is 1. The molecule has 0 N–H and O–H groups in total. The van der Waals surface area contributed by atoms with E-state index < -0.39 is 11.7 Å². The molecule has 1 amide bonds. The highest BCUT2D eigenvalue weighted by atomic mass is 35.5. The van der Waals surface area contributed by atoms with Crippen molar-refractivity contribution in [3.05, 3.63) is 100 Å². The molecule has 1 fully saturated rings. The number of allylic oxidation sites excluding steroid dienone is 1. The van der Waals surface area contributed by atoms with Gasteiger partial charge in [0.25, 0.3) is 11.7 Å². The lowest BCUT2D eigenvalue weighted by atomic mass is 9.98. The second-order valence-electron chi connectivity index (χ2n) is 9.23. The summed E-state index contributed by atoms with van der Waals surface area (Å²) >= 11 is 6.42. The van der Waals surface area contributed by atoms with E-state index in [1.807, 2.05) is 18.2 Å². The van der Waals surface area contributed by atoms with Gasteiger partial charge < -0.3 is 9.64 Å². The van der Waals surface area contributed by atoms with Crippen LogP contribution in [0.4, 0.5) is 0 Å². The highest BCUT2D eigenvalue weighted by Gasteiger charge is 2.25. The predicted molar refractivity (Wildman–Crippen MR) is 148 cm³/mol. The van der Waals surface area contributed by atoms with E-state index in [-0.39, 0.29) is 32.2 Å². The number of amides is 1. The number of carbonyl (C=O) groups is 3. The van der Waals surface area contributed by atoms with E-state index in [0.717, 1.165) is 24.0 Å². The molecule has 1 aliphatic carbocycles. The molecule has 8 heteroatoms. The van der Waals surface area contributed by atoms with Gasteiger partial charge in [-0.05, 0) is 36.1 Å². The Morgan fingerprint density at radius 2 is 1.84 bits per heavy atom. The molecule has 38 heavy (non-hydrogen) atoms. The van der Waals surface area contributed by atoms with Crippen molar-refractivity contribution in [2.75, 3.05) is 14.1 Å². The fourth-order valence-electron chi connectivity index (χ4n) is 3.85. The second kappa shape index (κ2) is 12.6. The third-order valence-corrected chi connectivity index (χ3v) is 6.30. The number of halogens is 1. The van der Waals surface area contributed by atoms with Gasteiger partial charge in [0.2, 0.25) is 0 Å². The quantitative estimate of drug-likeness (QED) is 0.194. The van der Waals surface area contributed by atoms with E-state index in [1.54, 1.807) is 44.6 Å². The summed E-state index contributed by atoms with van der Waals surface area (Å²) in [5, 5.41) is 0.371. The number of benzene rings is 2. The number of rotatable bonds is 11. The van der Waals surface area contributed by atoms with Crippen molar-refractivity contribution in [3.63, 3.8) is 0 Å². The topological polar surface area (TPSA) is 89.5 Å². The molecule has 0 aliphatic heterocycles. The van der Waals surface area contributed by atoms with E-state index in [1.165, 1.54) is 11.0 Å². The number of carbonyl (C=O) groups excluding carboxylic acids is 3. The van der Waals surface area contributed by atoms with Crippen molar-refractivity contribution < 1.29 is 19.1 Å². The maximum atomic E-state index is 12.7. The summed E-state index contributed by atoms with van der Waals surface area (Å²) in [6.07, 6.45) is 6.02. The third-order valence-electron chi connectivity index (χ3n) is 5.98. The van der Waals surface area contributed by atoms with Gasteiger partial charge >= 0.3 is 0 Å². The minimum Gasteiger partial charge on any atom is -0.490 e. The van der Waals surface area contributed by atoms with Crippen LogP contribution in [-0.2, 0) is 28.9 Å². The summed E-state index contributed by atoms with van der Waals surface area (Å²) in [6, 6.07) is 12.7. The zero-order chi connectivity index (χ0) is 26.5. The van der Waals surface area contributed by atoms with E-state index >= 15 is 0 Å². The Kier molecular flexibility index (Phi) is 9.53. The highest BCUT2D eigenvalue weighted by molar-refractivity contribution is 6.43. The van der Waals surface area contributed by atoms with Crippen LogP contribution < -0.4 is 4.74 Å². The van der Waals surface area contributed by atoms with Crippen LogP contribution in [0, 0.1) is 0 Å². The number of aromatic nitrogens is 2. The zero-order valence-corrected chi connectivity index (χ0v) is 21.6. The first kappa shape index (κ1) is 28.7. The molecule has 3 aromatic rings. The Balaban J connectivity index is 0.00000400. The van der Waals surface area contributed by atoms with Gasteiger partial charge in [-0.3, -0.25) is 14.4 Å². The molecular weight excluding hydrogens is 502 g/mol. The van der Waals surface area contributed by atoms with E-state index in [2.05, 4.69) is 16.5 Å². The Labute approximate surface area is 228 Å². The molecule has 0 unspecified atom stereocenters. The fourth-order valence-corrected chi connectivity index (χ4v) is 4.01. The first-order chi connectivity index (χ1) is 17.7. The zero-order valence-electron chi connectivity index (χ0n) is 20.9. The highest BCUT2D eigenvalue weighted by Crippen LogP contribution is 2.31. The van der Waals surface area contributed by atoms with Gasteiger partial charge in [0, 0.05) is 50.7 Å². The third kappa shape index (κ3) is 7.13. The van der Waals surface area contributed by atoms with Crippen molar-refractivity contribution in [3.8, 4) is 5.75 Å². The molecule has 7 nitrogen and oxygen atoms in total. The summed E-state index contributed by atoms with van der Waals surface area (Å²) in [7, 11) is 3.08. The number of hydrogen-bond donors (Lipinski definition) is 0. The summed E-state index contributed by atoms with van der Waals surface area (Å²) < 4.78 is 5.98. The minimum atomic E-state index is -0.596. The molecule has 0 bridgehead atoms. The normalized spacial score (nSPS) is 12.3. The van der Waals surface area contributed by atoms with Crippen molar-refractivity contribution in [2.24, 2.45) is 0 Å². The Bertz CT molecular complexity index is 1370. The van der Waals surface area contributed by atoms with Crippen molar-refractivity contribution in [2.45, 2.75) is 45.6 Å². The SMILES string of the molecule is C.C=CC(=O)Cc1cc(Cc2ncc(Cl)c(Cc3ccccc3C(=O)C(=O)N(C)C)n2)ccc1OC1CC1. The van der Waals surface area contributed by atoms with E-state index in [4.69, 9.17) is 16.3 Å². The molecule has 0 spiro atoms. The lowest BCUT2D eigenvalue weighted by molar-refractivity contribution is -0.124. The lowest BCUT2D eigenvalue weighted by Crippen LogP contribution is -2.30. The molecule has 1 saturated carbocycles. The molecular formula is C30H32ClN3O4. The molecule has 1 aliphatic rings. The van der Waals surface area contributed by atoms with Gasteiger partial charge in [-0.2, -0.15) is 0 Å². The van der Waals surface area contributed by atoms with Crippen LogP contribution in [0.2, 0.25) is 5.02 Å². The predicted octanol–water partition coefficient (Wildman–Crippen LogP) is 5.06. The van der Waals surface area contributed by atoms with Crippen molar-refractivity contribution in [1.82, 2.24) is 14.9 Å². The standard InChI is InChI=1S/C29H28ClN3O4.CH4/c1-4-21(34)15-20-13-18(9-12-26(20)37-22-10-11-22)14-27-31-17-24(30)25(32-27)16-19-7-5-6-8-23(19)28(35)29(36)33(2)3;/h4-9,12-13,17,22H,1,10-11,14-16H2,2-3H3;1H4. The van der Waals surface area contributed by atoms with Crippen LogP contribution in [0.5, 0.6) is 5.75 Å². The number of hydrogen-bond acceptors (Lipinski definition) is 6. The monoisotopic (exact) mass is 533 g/mol. The average molecular weight is 534 g/mol. The number of nitrogens with zero attached hydrogens (tertiary/aromatic N) is 3. The van der Waals surface area contributed by atoms with Gasteiger partial charge in [0.05, 0.1) is 16.8 Å². The van der Waals surface area contributed by atoms with Crippen molar-refractivity contribution >= 4 is 29.1 Å². The molecule has 2 aromatic carbocycles. The Hall–Kier alpha value is -3.84. The second-order valence-corrected chi connectivity index (χ2v) is 9.63. The maximum absolute atomic E-state index is 12.7. The Morgan fingerprint density at radius 3 is 2.53 bits per heavy atom. The molecule has 0 saturated heterocycles. The number of ether oxygens (including phenoxy) is 1. The van der Waals surface area contributed by atoms with E-state index in [0.29, 0.717) is 39.8 Å². The first-order valence-corrected chi connectivity index (χ1v) is 12.4. The molecule has 1 heterocycles. The van der Waals surface area contributed by atoms with Crippen LogP contribution in [0.15, 0.2) is 61.3 Å². The summed E-state index contributed by atoms with van der Waals surface area (Å²) in [6.45, 7) is 3.57. The smallest absolute Gasteiger partial charge is 0.294 e. The van der Waals surface area contributed by atoms with Crippen LogP contribution in [-0.4, -0.2) is 52.5 Å². The van der Waals surface area contributed by atoms with Gasteiger partial charge in [0.1, 0.15) is 11.6 Å². The minimum absolute atomic E-state index is 0. The van der Waals surface area contributed by atoms with Crippen LogP contribution >= 0.6 is 11.6 Å². The maximum Gasteiger partial charge on any atom is 0.294 e. The summed E-state index contributed by atoms with van der Waals surface area (Å²) in [5.41, 5.74) is 3.26. The average Bonchev–Trinajstić information content (AvgIpc) is 3.71. The van der Waals surface area contributed by atoms with Gasteiger partial charge in [0.15, 0.2) is 5.78 Å². The lowest BCUT2D eigenvalue weighted by Gasteiger charge is -2.13. The number of Topliss-reactive ketones (excluding diaryl/α,β-unsaturated/α-hetero) is 1. The molecule has 0 atom stereocenters.